The number of rotatable bonds is 6. The minimum Gasteiger partial charge on any atom is -0.490 e. The lowest BCUT2D eigenvalue weighted by molar-refractivity contribution is -0.121. The summed E-state index contributed by atoms with van der Waals surface area (Å²) in [5.74, 6) is 1.04. The molecule has 7 heteroatoms. The maximum atomic E-state index is 12.1. The molecule has 0 atom stereocenters. The molecule has 0 radical (unpaired) electrons. The maximum absolute atomic E-state index is 12.1. The summed E-state index contributed by atoms with van der Waals surface area (Å²) in [6, 6.07) is 13.0. The van der Waals surface area contributed by atoms with Crippen molar-refractivity contribution in [1.82, 2.24) is 10.2 Å². The third-order valence-electron chi connectivity index (χ3n) is 4.00. The molecular formula is C20H19ClN2O3S. The van der Waals surface area contributed by atoms with Gasteiger partial charge in [0.25, 0.3) is 5.91 Å². The number of thiocarbonyl (C=S) groups is 1. The van der Waals surface area contributed by atoms with Gasteiger partial charge in [-0.05, 0) is 49.0 Å². The van der Waals surface area contributed by atoms with Crippen molar-refractivity contribution >= 4 is 40.9 Å². The quantitative estimate of drug-likeness (QED) is 0.584. The van der Waals surface area contributed by atoms with Gasteiger partial charge in [-0.1, -0.05) is 35.9 Å². The van der Waals surface area contributed by atoms with Crippen LogP contribution in [0.3, 0.4) is 0 Å². The van der Waals surface area contributed by atoms with E-state index in [1.165, 1.54) is 4.90 Å². The van der Waals surface area contributed by atoms with Crippen molar-refractivity contribution in [3.8, 4) is 11.5 Å². The number of nitrogens with zero attached hydrogens (tertiary/aromatic N) is 1. The second kappa shape index (κ2) is 8.41. The first-order valence-corrected chi connectivity index (χ1v) is 9.22. The van der Waals surface area contributed by atoms with Crippen molar-refractivity contribution in [3.05, 3.63) is 64.3 Å². The Morgan fingerprint density at radius 3 is 2.63 bits per heavy atom. The second-order valence-corrected chi connectivity index (χ2v) is 6.67. The zero-order valence-electron chi connectivity index (χ0n) is 15.0. The fourth-order valence-electron chi connectivity index (χ4n) is 2.56. The molecule has 0 unspecified atom stereocenters. The van der Waals surface area contributed by atoms with Crippen molar-refractivity contribution in [2.75, 3.05) is 13.7 Å². The first kappa shape index (κ1) is 19.2. The first-order chi connectivity index (χ1) is 13.0. The molecular weight excluding hydrogens is 384 g/mol. The number of carbonyl (C=O) groups excluding carboxylic acids is 1. The van der Waals surface area contributed by atoms with Gasteiger partial charge in [0, 0.05) is 17.6 Å². The number of likely N-dealkylation sites (N-methyl/N-ethyl adjacent to an activating group) is 1. The minimum absolute atomic E-state index is 0.169. The third-order valence-corrected chi connectivity index (χ3v) is 4.75. The van der Waals surface area contributed by atoms with E-state index in [2.05, 4.69) is 5.32 Å². The van der Waals surface area contributed by atoms with Gasteiger partial charge in [0.05, 0.1) is 6.61 Å². The minimum atomic E-state index is -0.169. The molecule has 0 bridgehead atoms. The summed E-state index contributed by atoms with van der Waals surface area (Å²) in [6.45, 7) is 2.73. The van der Waals surface area contributed by atoms with E-state index in [1.54, 1.807) is 13.1 Å². The average molecular weight is 403 g/mol. The SMILES string of the molecule is CCOc1cc(C=C2NC(=S)N(C)C2=O)ccc1OCc1ccccc1Cl. The molecule has 1 saturated heterocycles. The number of hydrogen-bond donors (Lipinski definition) is 1. The Morgan fingerprint density at radius 2 is 1.96 bits per heavy atom. The number of amides is 1. The Labute approximate surface area is 168 Å². The standard InChI is InChI=1S/C20H19ClN2O3S/c1-3-25-18-11-13(10-16-19(24)23(2)20(27)22-16)8-9-17(18)26-12-14-6-4-5-7-15(14)21/h4-11H,3,12H2,1-2H3,(H,22,27). The van der Waals surface area contributed by atoms with E-state index >= 15 is 0 Å². The van der Waals surface area contributed by atoms with Gasteiger partial charge in [0.1, 0.15) is 12.3 Å². The second-order valence-electron chi connectivity index (χ2n) is 5.87. The van der Waals surface area contributed by atoms with Crippen LogP contribution < -0.4 is 14.8 Å². The highest BCUT2D eigenvalue weighted by Crippen LogP contribution is 2.31. The van der Waals surface area contributed by atoms with Gasteiger partial charge < -0.3 is 14.8 Å². The van der Waals surface area contributed by atoms with Gasteiger partial charge in [0.2, 0.25) is 0 Å². The van der Waals surface area contributed by atoms with Gasteiger partial charge >= 0.3 is 0 Å². The fourth-order valence-corrected chi connectivity index (χ4v) is 2.95. The Balaban J connectivity index is 1.81. The highest BCUT2D eigenvalue weighted by molar-refractivity contribution is 7.80. The van der Waals surface area contributed by atoms with Crippen LogP contribution in [0, 0.1) is 0 Å². The molecule has 2 aromatic rings. The third kappa shape index (κ3) is 4.40. The molecule has 27 heavy (non-hydrogen) atoms. The van der Waals surface area contributed by atoms with Gasteiger partial charge in [-0.15, -0.1) is 0 Å². The lowest BCUT2D eigenvalue weighted by Gasteiger charge is -2.13. The summed E-state index contributed by atoms with van der Waals surface area (Å²) in [7, 11) is 1.63. The number of ether oxygens (including phenoxy) is 2. The Hall–Kier alpha value is -2.57. The lowest BCUT2D eigenvalue weighted by atomic mass is 10.1. The van der Waals surface area contributed by atoms with E-state index in [4.69, 9.17) is 33.3 Å². The van der Waals surface area contributed by atoms with E-state index in [1.807, 2.05) is 49.4 Å². The molecule has 0 saturated carbocycles. The predicted octanol–water partition coefficient (Wildman–Crippen LogP) is 4.01. The fraction of sp³-hybridized carbons (Fsp3) is 0.200. The smallest absolute Gasteiger partial charge is 0.276 e. The van der Waals surface area contributed by atoms with E-state index in [-0.39, 0.29) is 5.91 Å². The molecule has 5 nitrogen and oxygen atoms in total. The molecule has 1 aliphatic rings. The van der Waals surface area contributed by atoms with Crippen LogP contribution in [-0.2, 0) is 11.4 Å². The van der Waals surface area contributed by atoms with Crippen LogP contribution in [0.15, 0.2) is 48.2 Å². The van der Waals surface area contributed by atoms with E-state index in [9.17, 15) is 4.79 Å². The molecule has 1 N–H and O–H groups in total. The monoisotopic (exact) mass is 402 g/mol. The highest BCUT2D eigenvalue weighted by atomic mass is 35.5. The topological polar surface area (TPSA) is 50.8 Å². The molecule has 0 aromatic heterocycles. The molecule has 140 valence electrons. The zero-order chi connectivity index (χ0) is 19.4. The Morgan fingerprint density at radius 1 is 1.19 bits per heavy atom. The lowest BCUT2D eigenvalue weighted by Crippen LogP contribution is -2.25. The number of carbonyl (C=O) groups is 1. The molecule has 0 aliphatic carbocycles. The number of benzene rings is 2. The predicted molar refractivity (Wildman–Crippen MR) is 110 cm³/mol. The summed E-state index contributed by atoms with van der Waals surface area (Å²) in [5.41, 5.74) is 2.12. The van der Waals surface area contributed by atoms with Crippen LogP contribution in [0.2, 0.25) is 5.02 Å². The largest absolute Gasteiger partial charge is 0.490 e. The normalized spacial score (nSPS) is 15.2. The summed E-state index contributed by atoms with van der Waals surface area (Å²) >= 11 is 11.3. The first-order valence-electron chi connectivity index (χ1n) is 8.43. The van der Waals surface area contributed by atoms with E-state index < -0.39 is 0 Å². The van der Waals surface area contributed by atoms with Crippen molar-refractivity contribution in [2.24, 2.45) is 0 Å². The average Bonchev–Trinajstić information content (AvgIpc) is 2.89. The van der Waals surface area contributed by atoms with E-state index in [0.29, 0.717) is 40.5 Å². The van der Waals surface area contributed by atoms with Crippen LogP contribution in [0.5, 0.6) is 11.5 Å². The maximum Gasteiger partial charge on any atom is 0.276 e. The summed E-state index contributed by atoms with van der Waals surface area (Å²) in [6.07, 6.45) is 1.73. The molecule has 1 fully saturated rings. The van der Waals surface area contributed by atoms with Crippen molar-refractivity contribution in [2.45, 2.75) is 13.5 Å². The summed E-state index contributed by atoms with van der Waals surface area (Å²) in [5, 5.41) is 3.94. The van der Waals surface area contributed by atoms with Crippen molar-refractivity contribution in [1.29, 1.82) is 0 Å². The molecule has 1 amide bonds. The Bertz CT molecular complexity index is 914. The van der Waals surface area contributed by atoms with Crippen LogP contribution in [0.4, 0.5) is 0 Å². The van der Waals surface area contributed by atoms with Gasteiger partial charge in [-0.2, -0.15) is 0 Å². The number of hydrogen-bond acceptors (Lipinski definition) is 4. The van der Waals surface area contributed by atoms with Crippen LogP contribution in [0.25, 0.3) is 6.08 Å². The number of nitrogens with one attached hydrogen (secondary N) is 1. The zero-order valence-corrected chi connectivity index (χ0v) is 16.6. The van der Waals surface area contributed by atoms with Crippen LogP contribution in [-0.4, -0.2) is 29.6 Å². The molecule has 1 heterocycles. The highest BCUT2D eigenvalue weighted by Gasteiger charge is 2.27. The van der Waals surface area contributed by atoms with Crippen molar-refractivity contribution in [3.63, 3.8) is 0 Å². The summed E-state index contributed by atoms with van der Waals surface area (Å²) < 4.78 is 11.6. The van der Waals surface area contributed by atoms with Gasteiger partial charge in [-0.25, -0.2) is 0 Å². The molecule has 3 rings (SSSR count). The molecule has 1 aliphatic heterocycles. The van der Waals surface area contributed by atoms with Crippen LogP contribution in [0.1, 0.15) is 18.1 Å². The number of halogens is 1. The molecule has 2 aromatic carbocycles. The van der Waals surface area contributed by atoms with Crippen molar-refractivity contribution < 1.29 is 14.3 Å². The van der Waals surface area contributed by atoms with Gasteiger partial charge in [-0.3, -0.25) is 9.69 Å². The van der Waals surface area contributed by atoms with Crippen LogP contribution >= 0.6 is 23.8 Å². The van der Waals surface area contributed by atoms with E-state index in [0.717, 1.165) is 11.1 Å². The Kier molecular flexibility index (Phi) is 5.98. The summed E-state index contributed by atoms with van der Waals surface area (Å²) in [4.78, 5) is 13.5. The van der Waals surface area contributed by atoms with Gasteiger partial charge in [0.15, 0.2) is 16.6 Å². The molecule has 0 spiro atoms.